The van der Waals surface area contributed by atoms with E-state index in [1.165, 1.54) is 11.4 Å². The van der Waals surface area contributed by atoms with Crippen LogP contribution in [0.1, 0.15) is 53.9 Å². The Bertz CT molecular complexity index is 198. The zero-order valence-electron chi connectivity index (χ0n) is 10.3. The van der Waals surface area contributed by atoms with Crippen LogP contribution in [0.3, 0.4) is 0 Å². The van der Waals surface area contributed by atoms with Gasteiger partial charge in [0.15, 0.2) is 0 Å². The van der Waals surface area contributed by atoms with Gasteiger partial charge in [0.25, 0.3) is 0 Å². The molecule has 0 N–H and O–H groups in total. The van der Waals surface area contributed by atoms with Crippen LogP contribution < -0.4 is 0 Å². The smallest absolute Gasteiger partial charge is 0.0665 e. The number of hydrogen-bond acceptors (Lipinski definition) is 2. The molecular formula is C12H24N2. The fourth-order valence-corrected chi connectivity index (χ4v) is 1.24. The van der Waals surface area contributed by atoms with Crippen LogP contribution in [0.25, 0.3) is 0 Å². The van der Waals surface area contributed by atoms with Crippen molar-refractivity contribution in [3.8, 4) is 0 Å². The standard InChI is InChI=1S/C12H24N2/c1-6-10(4)14-11(5)9-13-12(7-2)8-3/h11H,6-9H2,1-5H3. The number of hydrogen-bond donors (Lipinski definition) is 0. The van der Waals surface area contributed by atoms with Crippen molar-refractivity contribution in [2.24, 2.45) is 9.98 Å². The van der Waals surface area contributed by atoms with Crippen molar-refractivity contribution in [1.29, 1.82) is 0 Å². The Labute approximate surface area is 88.5 Å². The van der Waals surface area contributed by atoms with Gasteiger partial charge in [0.2, 0.25) is 0 Å². The molecule has 0 spiro atoms. The van der Waals surface area contributed by atoms with Gasteiger partial charge in [-0.05, 0) is 33.1 Å². The van der Waals surface area contributed by atoms with Gasteiger partial charge in [0.05, 0.1) is 12.6 Å². The molecule has 0 saturated carbocycles. The first kappa shape index (κ1) is 13.3. The first-order valence-electron chi connectivity index (χ1n) is 5.69. The summed E-state index contributed by atoms with van der Waals surface area (Å²) in [7, 11) is 0. The lowest BCUT2D eigenvalue weighted by Crippen LogP contribution is -2.08. The highest BCUT2D eigenvalue weighted by Crippen LogP contribution is 1.98. The summed E-state index contributed by atoms with van der Waals surface area (Å²) in [5, 5.41) is 0. The van der Waals surface area contributed by atoms with E-state index in [9.17, 15) is 0 Å². The minimum absolute atomic E-state index is 0.336. The molecule has 0 rings (SSSR count). The Morgan fingerprint density at radius 3 is 2.07 bits per heavy atom. The average Bonchev–Trinajstić information content (AvgIpc) is 2.19. The third-order valence-corrected chi connectivity index (χ3v) is 2.35. The van der Waals surface area contributed by atoms with E-state index in [2.05, 4.69) is 44.6 Å². The lowest BCUT2D eigenvalue weighted by molar-refractivity contribution is 0.748. The van der Waals surface area contributed by atoms with Gasteiger partial charge in [0.1, 0.15) is 0 Å². The van der Waals surface area contributed by atoms with Crippen LogP contribution in [0.2, 0.25) is 0 Å². The van der Waals surface area contributed by atoms with Crippen molar-refractivity contribution in [1.82, 2.24) is 0 Å². The predicted molar refractivity (Wildman–Crippen MR) is 65.7 cm³/mol. The summed E-state index contributed by atoms with van der Waals surface area (Å²) in [6.07, 6.45) is 3.18. The maximum Gasteiger partial charge on any atom is 0.0665 e. The molecule has 0 aliphatic rings. The molecule has 0 radical (unpaired) electrons. The van der Waals surface area contributed by atoms with Crippen LogP contribution in [0, 0.1) is 0 Å². The number of rotatable bonds is 6. The topological polar surface area (TPSA) is 24.7 Å². The van der Waals surface area contributed by atoms with Crippen molar-refractivity contribution in [3.63, 3.8) is 0 Å². The summed E-state index contributed by atoms with van der Waals surface area (Å²) >= 11 is 0. The summed E-state index contributed by atoms with van der Waals surface area (Å²) in [4.78, 5) is 9.10. The Morgan fingerprint density at radius 1 is 1.07 bits per heavy atom. The summed E-state index contributed by atoms with van der Waals surface area (Å²) in [6.45, 7) is 11.5. The highest BCUT2D eigenvalue weighted by atomic mass is 14.9. The Hall–Kier alpha value is -0.660. The van der Waals surface area contributed by atoms with Gasteiger partial charge in [-0.15, -0.1) is 0 Å². The lowest BCUT2D eigenvalue weighted by atomic mass is 10.2. The van der Waals surface area contributed by atoms with E-state index in [-0.39, 0.29) is 0 Å². The highest BCUT2D eigenvalue weighted by Gasteiger charge is 1.98. The van der Waals surface area contributed by atoms with Crippen LogP contribution >= 0.6 is 0 Å². The van der Waals surface area contributed by atoms with Crippen molar-refractivity contribution in [2.45, 2.75) is 59.9 Å². The van der Waals surface area contributed by atoms with Crippen LogP contribution in [-0.4, -0.2) is 24.0 Å². The number of nitrogens with zero attached hydrogens (tertiary/aromatic N) is 2. The molecule has 0 saturated heterocycles. The molecule has 0 aliphatic carbocycles. The molecule has 0 aromatic heterocycles. The monoisotopic (exact) mass is 196 g/mol. The van der Waals surface area contributed by atoms with Crippen LogP contribution in [0.5, 0.6) is 0 Å². The molecule has 82 valence electrons. The minimum atomic E-state index is 0.336. The van der Waals surface area contributed by atoms with Gasteiger partial charge in [0, 0.05) is 11.4 Å². The predicted octanol–water partition coefficient (Wildman–Crippen LogP) is 3.51. The van der Waals surface area contributed by atoms with E-state index in [4.69, 9.17) is 0 Å². The Balaban J connectivity index is 4.06. The maximum absolute atomic E-state index is 4.56. The molecule has 2 nitrogen and oxygen atoms in total. The first-order chi connectivity index (χ1) is 6.63. The zero-order valence-corrected chi connectivity index (χ0v) is 10.3. The van der Waals surface area contributed by atoms with Gasteiger partial charge in [-0.2, -0.15) is 0 Å². The molecule has 0 aromatic rings. The normalized spacial score (nSPS) is 13.9. The maximum atomic E-state index is 4.56. The van der Waals surface area contributed by atoms with E-state index in [0.717, 1.165) is 25.8 Å². The van der Waals surface area contributed by atoms with E-state index in [1.807, 2.05) is 0 Å². The fraction of sp³-hybridized carbons (Fsp3) is 0.833. The molecule has 2 heteroatoms. The van der Waals surface area contributed by atoms with Crippen LogP contribution in [0.4, 0.5) is 0 Å². The molecule has 1 atom stereocenters. The van der Waals surface area contributed by atoms with Crippen LogP contribution in [-0.2, 0) is 0 Å². The van der Waals surface area contributed by atoms with Gasteiger partial charge in [-0.3, -0.25) is 9.98 Å². The lowest BCUT2D eigenvalue weighted by Gasteiger charge is -2.06. The second kappa shape index (κ2) is 7.72. The van der Waals surface area contributed by atoms with Crippen molar-refractivity contribution >= 4 is 11.4 Å². The second-order valence-corrected chi connectivity index (χ2v) is 3.68. The van der Waals surface area contributed by atoms with E-state index in [1.54, 1.807) is 0 Å². The SMILES string of the molecule is CCC(C)=NC(C)CN=C(CC)CC. The highest BCUT2D eigenvalue weighted by molar-refractivity contribution is 5.84. The van der Waals surface area contributed by atoms with Gasteiger partial charge in [-0.25, -0.2) is 0 Å². The average molecular weight is 196 g/mol. The molecular weight excluding hydrogens is 172 g/mol. The van der Waals surface area contributed by atoms with Gasteiger partial charge < -0.3 is 0 Å². The largest absolute Gasteiger partial charge is 0.292 e. The molecule has 0 amide bonds. The quantitative estimate of drug-likeness (QED) is 0.581. The van der Waals surface area contributed by atoms with Gasteiger partial charge >= 0.3 is 0 Å². The van der Waals surface area contributed by atoms with Crippen molar-refractivity contribution in [2.75, 3.05) is 6.54 Å². The summed E-state index contributed by atoms with van der Waals surface area (Å²) in [5.41, 5.74) is 2.53. The third-order valence-electron chi connectivity index (χ3n) is 2.35. The van der Waals surface area contributed by atoms with E-state index in [0.29, 0.717) is 6.04 Å². The summed E-state index contributed by atoms with van der Waals surface area (Å²) in [5.74, 6) is 0. The molecule has 0 bridgehead atoms. The van der Waals surface area contributed by atoms with Crippen molar-refractivity contribution < 1.29 is 0 Å². The number of aliphatic imine (C=N–C) groups is 2. The summed E-state index contributed by atoms with van der Waals surface area (Å²) in [6, 6.07) is 0.336. The van der Waals surface area contributed by atoms with E-state index < -0.39 is 0 Å². The minimum Gasteiger partial charge on any atom is -0.292 e. The van der Waals surface area contributed by atoms with Gasteiger partial charge in [-0.1, -0.05) is 20.8 Å². The van der Waals surface area contributed by atoms with E-state index >= 15 is 0 Å². The molecule has 0 heterocycles. The van der Waals surface area contributed by atoms with Crippen LogP contribution in [0.15, 0.2) is 9.98 Å². The van der Waals surface area contributed by atoms with Crippen molar-refractivity contribution in [3.05, 3.63) is 0 Å². The molecule has 1 unspecified atom stereocenters. The first-order valence-corrected chi connectivity index (χ1v) is 5.69. The molecule has 14 heavy (non-hydrogen) atoms. The zero-order chi connectivity index (χ0) is 11.0. The summed E-state index contributed by atoms with van der Waals surface area (Å²) < 4.78 is 0. The second-order valence-electron chi connectivity index (χ2n) is 3.68. The molecule has 0 aliphatic heterocycles. The Morgan fingerprint density at radius 2 is 1.64 bits per heavy atom. The Kier molecular flexibility index (Phi) is 7.35. The fourth-order valence-electron chi connectivity index (χ4n) is 1.24. The molecule has 0 aromatic carbocycles. The molecule has 0 fully saturated rings. The third kappa shape index (κ3) is 5.90.